The molecule has 0 aromatic heterocycles. The number of nitrogens with one attached hydrogen (secondary N) is 1. The zero-order valence-electron chi connectivity index (χ0n) is 9.76. The number of hydrogen-bond donors (Lipinski definition) is 2. The zero-order chi connectivity index (χ0) is 14.5. The number of nitrogens with two attached hydrogens (primary N) is 1. The SMILES string of the molecule is N=C(N)c1c(Cl)cccc1OCCOCC(F)(F)F. The molecule has 0 saturated heterocycles. The monoisotopic (exact) mass is 296 g/mol. The van der Waals surface area contributed by atoms with Crippen molar-refractivity contribution in [1.82, 2.24) is 0 Å². The summed E-state index contributed by atoms with van der Waals surface area (Å²) in [4.78, 5) is 0. The molecule has 1 aromatic carbocycles. The van der Waals surface area contributed by atoms with E-state index in [-0.39, 0.29) is 35.4 Å². The van der Waals surface area contributed by atoms with Crippen LogP contribution in [0.15, 0.2) is 18.2 Å². The number of amidine groups is 1. The Labute approximate surface area is 112 Å². The highest BCUT2D eigenvalue weighted by atomic mass is 35.5. The molecule has 0 atom stereocenters. The van der Waals surface area contributed by atoms with E-state index in [1.165, 1.54) is 12.1 Å². The van der Waals surface area contributed by atoms with Crippen LogP contribution in [0, 0.1) is 5.41 Å². The van der Waals surface area contributed by atoms with E-state index in [0.29, 0.717) is 0 Å². The molecule has 0 heterocycles. The van der Waals surface area contributed by atoms with Gasteiger partial charge in [-0.1, -0.05) is 17.7 Å². The molecule has 106 valence electrons. The van der Waals surface area contributed by atoms with Crippen LogP contribution in [0.4, 0.5) is 13.2 Å². The second-order valence-corrected chi connectivity index (χ2v) is 3.95. The predicted octanol–water partition coefficient (Wildman–Crippen LogP) is 2.58. The van der Waals surface area contributed by atoms with Gasteiger partial charge in [0.05, 0.1) is 17.2 Å². The van der Waals surface area contributed by atoms with Crippen molar-refractivity contribution in [3.8, 4) is 5.75 Å². The quantitative estimate of drug-likeness (QED) is 0.481. The average molecular weight is 297 g/mol. The van der Waals surface area contributed by atoms with E-state index in [0.717, 1.165) is 0 Å². The first-order chi connectivity index (χ1) is 8.81. The Morgan fingerprint density at radius 1 is 1.32 bits per heavy atom. The lowest BCUT2D eigenvalue weighted by atomic mass is 10.2. The number of hydrogen-bond acceptors (Lipinski definition) is 3. The smallest absolute Gasteiger partial charge is 0.411 e. The number of benzene rings is 1. The van der Waals surface area contributed by atoms with Gasteiger partial charge < -0.3 is 15.2 Å². The van der Waals surface area contributed by atoms with Gasteiger partial charge in [-0.2, -0.15) is 13.2 Å². The van der Waals surface area contributed by atoms with Crippen molar-refractivity contribution in [3.63, 3.8) is 0 Å². The largest absolute Gasteiger partial charge is 0.490 e. The summed E-state index contributed by atoms with van der Waals surface area (Å²) in [5.41, 5.74) is 5.55. The molecule has 0 bridgehead atoms. The third kappa shape index (κ3) is 5.35. The Kier molecular flexibility index (Phi) is 5.44. The fourth-order valence-corrected chi connectivity index (χ4v) is 1.55. The van der Waals surface area contributed by atoms with Crippen LogP contribution in [0.3, 0.4) is 0 Å². The molecule has 0 radical (unpaired) electrons. The first-order valence-electron chi connectivity index (χ1n) is 5.21. The van der Waals surface area contributed by atoms with Crippen molar-refractivity contribution in [3.05, 3.63) is 28.8 Å². The van der Waals surface area contributed by atoms with Crippen LogP contribution < -0.4 is 10.5 Å². The predicted molar refractivity (Wildman–Crippen MR) is 64.8 cm³/mol. The minimum atomic E-state index is -4.36. The molecular weight excluding hydrogens is 285 g/mol. The van der Waals surface area contributed by atoms with Crippen LogP contribution in [0.2, 0.25) is 5.02 Å². The van der Waals surface area contributed by atoms with E-state index in [1.807, 2.05) is 0 Å². The van der Waals surface area contributed by atoms with Crippen LogP contribution >= 0.6 is 11.6 Å². The molecule has 0 fully saturated rings. The summed E-state index contributed by atoms with van der Waals surface area (Å²) >= 11 is 5.84. The second kappa shape index (κ2) is 6.63. The Morgan fingerprint density at radius 3 is 2.58 bits per heavy atom. The van der Waals surface area contributed by atoms with Crippen molar-refractivity contribution in [1.29, 1.82) is 5.41 Å². The van der Waals surface area contributed by atoms with Gasteiger partial charge in [-0.3, -0.25) is 5.41 Å². The van der Waals surface area contributed by atoms with Gasteiger partial charge in [0.2, 0.25) is 0 Å². The molecule has 0 unspecified atom stereocenters. The topological polar surface area (TPSA) is 68.3 Å². The van der Waals surface area contributed by atoms with Gasteiger partial charge in [-0.25, -0.2) is 0 Å². The number of nitrogen functional groups attached to an aromatic ring is 1. The maximum atomic E-state index is 11.8. The number of rotatable bonds is 6. The summed E-state index contributed by atoms with van der Waals surface area (Å²) in [6.45, 7) is -1.66. The van der Waals surface area contributed by atoms with E-state index >= 15 is 0 Å². The minimum absolute atomic E-state index is 0.100. The Morgan fingerprint density at radius 2 is 2.00 bits per heavy atom. The van der Waals surface area contributed by atoms with Gasteiger partial charge in [-0.15, -0.1) is 0 Å². The molecule has 0 spiro atoms. The van der Waals surface area contributed by atoms with E-state index in [4.69, 9.17) is 27.5 Å². The minimum Gasteiger partial charge on any atom is -0.490 e. The molecule has 1 rings (SSSR count). The lowest BCUT2D eigenvalue weighted by molar-refractivity contribution is -0.175. The maximum absolute atomic E-state index is 11.8. The lowest BCUT2D eigenvalue weighted by Crippen LogP contribution is -2.20. The normalized spacial score (nSPS) is 11.4. The number of ether oxygens (including phenoxy) is 2. The summed E-state index contributed by atoms with van der Waals surface area (Å²) < 4.78 is 45.0. The van der Waals surface area contributed by atoms with Crippen LogP contribution in [0.25, 0.3) is 0 Å². The van der Waals surface area contributed by atoms with Crippen molar-refractivity contribution < 1.29 is 22.6 Å². The molecule has 1 aromatic rings. The molecule has 8 heteroatoms. The highest BCUT2D eigenvalue weighted by Crippen LogP contribution is 2.25. The molecule has 19 heavy (non-hydrogen) atoms. The molecule has 0 aliphatic rings. The third-order valence-corrected chi connectivity index (χ3v) is 2.31. The van der Waals surface area contributed by atoms with Crippen molar-refractivity contribution in [2.45, 2.75) is 6.18 Å². The maximum Gasteiger partial charge on any atom is 0.411 e. The van der Waals surface area contributed by atoms with Gasteiger partial charge in [-0.05, 0) is 12.1 Å². The van der Waals surface area contributed by atoms with Crippen molar-refractivity contribution in [2.24, 2.45) is 5.73 Å². The second-order valence-electron chi connectivity index (χ2n) is 3.54. The van der Waals surface area contributed by atoms with Gasteiger partial charge in [0.15, 0.2) is 0 Å². The first-order valence-corrected chi connectivity index (χ1v) is 5.59. The Balaban J connectivity index is 2.50. The van der Waals surface area contributed by atoms with Crippen LogP contribution in [-0.4, -0.2) is 31.8 Å². The fraction of sp³-hybridized carbons (Fsp3) is 0.364. The zero-order valence-corrected chi connectivity index (χ0v) is 10.5. The van der Waals surface area contributed by atoms with Crippen molar-refractivity contribution >= 4 is 17.4 Å². The molecule has 0 aliphatic heterocycles. The van der Waals surface area contributed by atoms with Crippen LogP contribution in [0.5, 0.6) is 5.75 Å². The van der Waals surface area contributed by atoms with Crippen molar-refractivity contribution in [2.75, 3.05) is 19.8 Å². The molecule has 3 N–H and O–H groups in total. The Hall–Kier alpha value is -1.47. The van der Waals surface area contributed by atoms with Gasteiger partial charge in [0, 0.05) is 0 Å². The molecule has 0 amide bonds. The van der Waals surface area contributed by atoms with Crippen LogP contribution in [0.1, 0.15) is 5.56 Å². The summed E-state index contributed by atoms with van der Waals surface area (Å²) in [5, 5.41) is 7.59. The third-order valence-electron chi connectivity index (χ3n) is 2.00. The van der Waals surface area contributed by atoms with Gasteiger partial charge in [0.25, 0.3) is 0 Å². The molecule has 0 aliphatic carbocycles. The highest BCUT2D eigenvalue weighted by molar-refractivity contribution is 6.34. The standard InChI is InChI=1S/C11H12ClF3N2O2/c12-7-2-1-3-8(9(7)10(16)17)19-5-4-18-6-11(13,14)15/h1-3H,4-6H2,(H3,16,17). The molecule has 4 nitrogen and oxygen atoms in total. The van der Waals surface area contributed by atoms with E-state index < -0.39 is 12.8 Å². The number of alkyl halides is 3. The Bertz CT molecular complexity index is 452. The van der Waals surface area contributed by atoms with E-state index in [1.54, 1.807) is 6.07 Å². The van der Waals surface area contributed by atoms with Gasteiger partial charge >= 0.3 is 6.18 Å². The fourth-order valence-electron chi connectivity index (χ4n) is 1.28. The summed E-state index contributed by atoms with van der Waals surface area (Å²) in [7, 11) is 0. The highest BCUT2D eigenvalue weighted by Gasteiger charge is 2.27. The van der Waals surface area contributed by atoms with Crippen LogP contribution in [-0.2, 0) is 4.74 Å². The van der Waals surface area contributed by atoms with E-state index in [2.05, 4.69) is 4.74 Å². The van der Waals surface area contributed by atoms with E-state index in [9.17, 15) is 13.2 Å². The number of halogens is 4. The first kappa shape index (κ1) is 15.6. The average Bonchev–Trinajstić information content (AvgIpc) is 2.26. The summed E-state index contributed by atoms with van der Waals surface area (Å²) in [6.07, 6.45) is -4.36. The molecular formula is C11H12ClF3N2O2. The van der Waals surface area contributed by atoms with Gasteiger partial charge in [0.1, 0.15) is 24.8 Å². The summed E-state index contributed by atoms with van der Waals surface area (Å²) in [5.74, 6) is -0.0487. The lowest BCUT2D eigenvalue weighted by Gasteiger charge is -2.12. The molecule has 0 saturated carbocycles. The summed E-state index contributed by atoms with van der Waals surface area (Å²) in [6, 6.07) is 4.64.